The molecule has 3 aromatic rings. The molecule has 0 radical (unpaired) electrons. The summed E-state index contributed by atoms with van der Waals surface area (Å²) in [6, 6.07) is 9.64. The fourth-order valence-electron chi connectivity index (χ4n) is 1.79. The van der Waals surface area contributed by atoms with Crippen LogP contribution in [0.1, 0.15) is 0 Å². The zero-order chi connectivity index (χ0) is 13.9. The second-order valence-electron chi connectivity index (χ2n) is 4.06. The molecule has 2 heterocycles. The van der Waals surface area contributed by atoms with Crippen molar-refractivity contribution in [2.75, 3.05) is 5.75 Å². The van der Waals surface area contributed by atoms with Gasteiger partial charge in [0.15, 0.2) is 5.82 Å². The van der Waals surface area contributed by atoms with Gasteiger partial charge in [0.05, 0.1) is 11.3 Å². The number of nitrogens with zero attached hydrogens (tertiary/aromatic N) is 3. The number of thioether (sulfide) groups is 1. The summed E-state index contributed by atoms with van der Waals surface area (Å²) in [5.41, 5.74) is 1.80. The first-order valence-corrected chi connectivity index (χ1v) is 6.83. The van der Waals surface area contributed by atoms with Gasteiger partial charge in [-0.3, -0.25) is 14.9 Å². The summed E-state index contributed by atoms with van der Waals surface area (Å²) in [6.45, 7) is 0. The van der Waals surface area contributed by atoms with Crippen LogP contribution in [-0.2, 0) is 4.79 Å². The van der Waals surface area contributed by atoms with E-state index < -0.39 is 5.97 Å². The van der Waals surface area contributed by atoms with Gasteiger partial charge in [-0.1, -0.05) is 17.8 Å². The molecule has 1 aromatic carbocycles. The number of carbonyl (C=O) groups is 1. The number of rotatable bonds is 4. The number of pyridine rings is 1. The average Bonchev–Trinajstić information content (AvgIpc) is 2.93. The molecule has 0 unspecified atom stereocenters. The Labute approximate surface area is 118 Å². The largest absolute Gasteiger partial charge is 0.481 e. The van der Waals surface area contributed by atoms with Gasteiger partial charge in [-0.05, 0) is 24.3 Å². The molecule has 0 bridgehead atoms. The van der Waals surface area contributed by atoms with Crippen LogP contribution in [0.3, 0.4) is 0 Å². The van der Waals surface area contributed by atoms with Gasteiger partial charge in [0.1, 0.15) is 0 Å². The molecule has 0 fully saturated rings. The number of carboxylic acid groups (broad SMARTS) is 1. The molecule has 0 aliphatic heterocycles. The number of fused-ring (bicyclic) bond motifs is 1. The van der Waals surface area contributed by atoms with E-state index in [2.05, 4.69) is 20.2 Å². The number of hydrogen-bond acceptors (Lipinski definition) is 5. The number of carboxylic acids is 1. The predicted octanol–water partition coefficient (Wildman–Crippen LogP) is 2.20. The summed E-state index contributed by atoms with van der Waals surface area (Å²) in [6.07, 6.45) is 1.75. The minimum absolute atomic E-state index is 0.0566. The van der Waals surface area contributed by atoms with Crippen molar-refractivity contribution in [1.82, 2.24) is 20.2 Å². The van der Waals surface area contributed by atoms with Gasteiger partial charge in [-0.15, -0.1) is 5.10 Å². The van der Waals surface area contributed by atoms with Gasteiger partial charge < -0.3 is 5.11 Å². The van der Waals surface area contributed by atoms with Crippen LogP contribution in [0.25, 0.3) is 22.3 Å². The standard InChI is InChI=1S/C13H10N4O2S/c18-11(19)7-20-13-15-12(16-17-13)9-3-4-10-8(6-9)2-1-5-14-10/h1-6H,7H2,(H,18,19)(H,15,16,17). The molecule has 20 heavy (non-hydrogen) atoms. The van der Waals surface area contributed by atoms with E-state index in [0.717, 1.165) is 28.2 Å². The molecule has 3 rings (SSSR count). The minimum Gasteiger partial charge on any atom is -0.481 e. The SMILES string of the molecule is O=C(O)CSc1n[nH]c(-c2ccc3ncccc3c2)n1. The van der Waals surface area contributed by atoms with Crippen LogP contribution >= 0.6 is 11.8 Å². The monoisotopic (exact) mass is 286 g/mol. The normalized spacial score (nSPS) is 10.8. The third-order valence-corrected chi connectivity index (χ3v) is 3.50. The summed E-state index contributed by atoms with van der Waals surface area (Å²) in [5.74, 6) is -0.333. The molecule has 6 nitrogen and oxygen atoms in total. The Hall–Kier alpha value is -2.41. The second-order valence-corrected chi connectivity index (χ2v) is 5.00. The molecular formula is C13H10N4O2S. The lowest BCUT2D eigenvalue weighted by atomic mass is 10.1. The predicted molar refractivity (Wildman–Crippen MR) is 75.5 cm³/mol. The van der Waals surface area contributed by atoms with Gasteiger partial charge in [-0.25, -0.2) is 4.98 Å². The summed E-state index contributed by atoms with van der Waals surface area (Å²) >= 11 is 1.08. The zero-order valence-electron chi connectivity index (χ0n) is 10.3. The van der Waals surface area contributed by atoms with E-state index in [1.807, 2.05) is 30.3 Å². The Morgan fingerprint density at radius 3 is 3.10 bits per heavy atom. The molecule has 0 saturated carbocycles. The average molecular weight is 286 g/mol. The van der Waals surface area contributed by atoms with Crippen molar-refractivity contribution in [2.45, 2.75) is 5.16 Å². The molecule has 0 spiro atoms. The molecule has 2 N–H and O–H groups in total. The second kappa shape index (κ2) is 5.30. The van der Waals surface area contributed by atoms with Crippen LogP contribution in [0.4, 0.5) is 0 Å². The molecule has 7 heteroatoms. The number of aromatic amines is 1. The smallest absolute Gasteiger partial charge is 0.313 e. The van der Waals surface area contributed by atoms with Gasteiger partial charge >= 0.3 is 5.97 Å². The van der Waals surface area contributed by atoms with Gasteiger partial charge in [0.25, 0.3) is 0 Å². The van der Waals surface area contributed by atoms with E-state index >= 15 is 0 Å². The van der Waals surface area contributed by atoms with Gasteiger partial charge in [-0.2, -0.15) is 0 Å². The maximum Gasteiger partial charge on any atom is 0.313 e. The van der Waals surface area contributed by atoms with Gasteiger partial charge in [0, 0.05) is 17.1 Å². The van der Waals surface area contributed by atoms with Crippen molar-refractivity contribution in [3.63, 3.8) is 0 Å². The lowest BCUT2D eigenvalue weighted by Crippen LogP contribution is -1.97. The summed E-state index contributed by atoms with van der Waals surface area (Å²) in [4.78, 5) is 19.0. The maximum absolute atomic E-state index is 10.5. The number of H-pyrrole nitrogens is 1. The highest BCUT2D eigenvalue weighted by atomic mass is 32.2. The van der Waals surface area contributed by atoms with Crippen LogP contribution < -0.4 is 0 Å². The molecule has 0 aliphatic rings. The third kappa shape index (κ3) is 2.62. The first kappa shape index (κ1) is 12.6. The quantitative estimate of drug-likeness (QED) is 0.714. The van der Waals surface area contributed by atoms with E-state index in [9.17, 15) is 4.79 Å². The van der Waals surface area contributed by atoms with Crippen molar-refractivity contribution < 1.29 is 9.90 Å². The number of aliphatic carboxylic acids is 1. The number of nitrogens with one attached hydrogen (secondary N) is 1. The Morgan fingerprint density at radius 2 is 2.25 bits per heavy atom. The maximum atomic E-state index is 10.5. The highest BCUT2D eigenvalue weighted by Gasteiger charge is 2.08. The highest BCUT2D eigenvalue weighted by Crippen LogP contribution is 2.22. The van der Waals surface area contributed by atoms with Crippen molar-refractivity contribution in [2.24, 2.45) is 0 Å². The first-order chi connectivity index (χ1) is 9.72. The van der Waals surface area contributed by atoms with Crippen LogP contribution in [-0.4, -0.2) is 37.0 Å². The van der Waals surface area contributed by atoms with Crippen LogP contribution in [0.15, 0.2) is 41.7 Å². The molecule has 0 amide bonds. The van der Waals surface area contributed by atoms with Crippen molar-refractivity contribution in [3.8, 4) is 11.4 Å². The highest BCUT2D eigenvalue weighted by molar-refractivity contribution is 7.99. The summed E-state index contributed by atoms with van der Waals surface area (Å²) in [5, 5.41) is 16.9. The van der Waals surface area contributed by atoms with Crippen molar-refractivity contribution >= 4 is 28.6 Å². The minimum atomic E-state index is -0.891. The van der Waals surface area contributed by atoms with E-state index in [-0.39, 0.29) is 5.75 Å². The van der Waals surface area contributed by atoms with Crippen LogP contribution in [0, 0.1) is 0 Å². The Morgan fingerprint density at radius 1 is 1.35 bits per heavy atom. The topological polar surface area (TPSA) is 91.8 Å². The molecule has 0 saturated heterocycles. The molecule has 0 aliphatic carbocycles. The Balaban J connectivity index is 1.89. The van der Waals surface area contributed by atoms with E-state index in [4.69, 9.17) is 5.11 Å². The molecule has 2 aromatic heterocycles. The van der Waals surface area contributed by atoms with Crippen molar-refractivity contribution in [3.05, 3.63) is 36.5 Å². The lowest BCUT2D eigenvalue weighted by molar-refractivity contribution is -0.133. The van der Waals surface area contributed by atoms with Crippen molar-refractivity contribution in [1.29, 1.82) is 0 Å². The van der Waals surface area contributed by atoms with Gasteiger partial charge in [0.2, 0.25) is 5.16 Å². The van der Waals surface area contributed by atoms with Crippen LogP contribution in [0.2, 0.25) is 0 Å². The number of aromatic nitrogens is 4. The van der Waals surface area contributed by atoms with E-state index in [1.54, 1.807) is 6.20 Å². The summed E-state index contributed by atoms with van der Waals surface area (Å²) < 4.78 is 0. The lowest BCUT2D eigenvalue weighted by Gasteiger charge is -1.99. The molecular weight excluding hydrogens is 276 g/mol. The Kier molecular flexibility index (Phi) is 3.34. The van der Waals surface area contributed by atoms with E-state index in [0.29, 0.717) is 11.0 Å². The zero-order valence-corrected chi connectivity index (χ0v) is 11.1. The third-order valence-electron chi connectivity index (χ3n) is 2.67. The fourth-order valence-corrected chi connectivity index (χ4v) is 2.31. The molecule has 100 valence electrons. The fraction of sp³-hybridized carbons (Fsp3) is 0.0769. The van der Waals surface area contributed by atoms with Crippen LogP contribution in [0.5, 0.6) is 0 Å². The first-order valence-electron chi connectivity index (χ1n) is 5.84. The molecule has 0 atom stereocenters. The Bertz CT molecular complexity index is 772. The summed E-state index contributed by atoms with van der Waals surface area (Å²) in [7, 11) is 0. The number of benzene rings is 1. The van der Waals surface area contributed by atoms with E-state index in [1.165, 1.54) is 0 Å². The number of hydrogen-bond donors (Lipinski definition) is 2.